The van der Waals surface area contributed by atoms with E-state index in [0.717, 1.165) is 0 Å². The standard InChI is InChI=1S/C14H11N3O4/c1-7(2)14(16-17-15)13(19)9-5-8-3-4-12(18)20-10(8)6-11(9)21-14/h3-7H,1-2H3. The summed E-state index contributed by atoms with van der Waals surface area (Å²) in [7, 11) is 0. The van der Waals surface area contributed by atoms with Crippen molar-refractivity contribution >= 4 is 16.8 Å². The van der Waals surface area contributed by atoms with Gasteiger partial charge in [0, 0.05) is 28.3 Å². The van der Waals surface area contributed by atoms with Crippen LogP contribution in [0.15, 0.2) is 38.6 Å². The molecule has 21 heavy (non-hydrogen) atoms. The number of ether oxygens (including phenoxy) is 1. The third kappa shape index (κ3) is 1.79. The van der Waals surface area contributed by atoms with Gasteiger partial charge in [0.05, 0.1) is 5.56 Å². The molecule has 1 aromatic heterocycles. The Balaban J connectivity index is 2.25. The van der Waals surface area contributed by atoms with Crippen LogP contribution in [0.4, 0.5) is 0 Å². The predicted octanol–water partition coefficient (Wildman–Crippen LogP) is 3.03. The van der Waals surface area contributed by atoms with Gasteiger partial charge in [-0.1, -0.05) is 13.8 Å². The van der Waals surface area contributed by atoms with Gasteiger partial charge in [0.2, 0.25) is 5.78 Å². The Morgan fingerprint density at radius 1 is 1.29 bits per heavy atom. The summed E-state index contributed by atoms with van der Waals surface area (Å²) in [5.41, 5.74) is 7.28. The second kappa shape index (κ2) is 4.36. The Morgan fingerprint density at radius 2 is 2.05 bits per heavy atom. The molecule has 0 spiro atoms. The molecule has 0 bridgehead atoms. The Morgan fingerprint density at radius 3 is 2.71 bits per heavy atom. The maximum atomic E-state index is 12.6. The second-order valence-corrected chi connectivity index (χ2v) is 5.11. The smallest absolute Gasteiger partial charge is 0.336 e. The van der Waals surface area contributed by atoms with E-state index in [0.29, 0.717) is 16.5 Å². The van der Waals surface area contributed by atoms with Crippen molar-refractivity contribution in [2.24, 2.45) is 11.0 Å². The van der Waals surface area contributed by atoms with Crippen molar-refractivity contribution in [3.05, 3.63) is 50.7 Å². The number of azide groups is 1. The van der Waals surface area contributed by atoms with Gasteiger partial charge in [0.15, 0.2) is 0 Å². The molecule has 0 aliphatic carbocycles. The van der Waals surface area contributed by atoms with Gasteiger partial charge in [-0.15, -0.1) is 0 Å². The maximum Gasteiger partial charge on any atom is 0.336 e. The average molecular weight is 285 g/mol. The van der Waals surface area contributed by atoms with Gasteiger partial charge in [0.25, 0.3) is 5.72 Å². The van der Waals surface area contributed by atoms with Gasteiger partial charge < -0.3 is 9.15 Å². The van der Waals surface area contributed by atoms with Gasteiger partial charge in [-0.05, 0) is 22.8 Å². The van der Waals surface area contributed by atoms with E-state index in [1.807, 2.05) is 0 Å². The summed E-state index contributed by atoms with van der Waals surface area (Å²) < 4.78 is 10.7. The SMILES string of the molecule is CC(C)C1(N=[N+]=[N-])Oc2cc3oc(=O)ccc3cc2C1=O. The third-order valence-electron chi connectivity index (χ3n) is 3.53. The number of hydrogen-bond acceptors (Lipinski definition) is 5. The molecule has 1 aliphatic heterocycles. The molecule has 0 amide bonds. The van der Waals surface area contributed by atoms with E-state index in [9.17, 15) is 9.59 Å². The number of nitrogens with zero attached hydrogens (tertiary/aromatic N) is 3. The lowest BCUT2D eigenvalue weighted by molar-refractivity contribution is 0.0385. The van der Waals surface area contributed by atoms with Crippen LogP contribution in [0.3, 0.4) is 0 Å². The Hall–Kier alpha value is -2.79. The van der Waals surface area contributed by atoms with E-state index in [2.05, 4.69) is 10.0 Å². The van der Waals surface area contributed by atoms with Crippen molar-refractivity contribution in [3.8, 4) is 5.75 Å². The van der Waals surface area contributed by atoms with Crippen LogP contribution in [-0.4, -0.2) is 11.5 Å². The van der Waals surface area contributed by atoms with Crippen LogP contribution in [0, 0.1) is 5.92 Å². The molecule has 106 valence electrons. The van der Waals surface area contributed by atoms with Crippen molar-refractivity contribution in [1.82, 2.24) is 0 Å². The van der Waals surface area contributed by atoms with Gasteiger partial charge in [-0.2, -0.15) is 0 Å². The predicted molar refractivity (Wildman–Crippen MR) is 74.2 cm³/mol. The van der Waals surface area contributed by atoms with Crippen molar-refractivity contribution in [1.29, 1.82) is 0 Å². The number of fused-ring (bicyclic) bond motifs is 2. The summed E-state index contributed by atoms with van der Waals surface area (Å²) in [6.45, 7) is 3.47. The summed E-state index contributed by atoms with van der Waals surface area (Å²) in [6.07, 6.45) is 0. The molecule has 2 aromatic rings. The van der Waals surface area contributed by atoms with Gasteiger partial charge >= 0.3 is 5.63 Å². The molecule has 0 N–H and O–H groups in total. The highest BCUT2D eigenvalue weighted by Crippen LogP contribution is 2.42. The molecule has 0 saturated carbocycles. The number of Topliss-reactive ketones (excluding diaryl/α,β-unsaturated/α-hetero) is 1. The van der Waals surface area contributed by atoms with Gasteiger partial charge in [-0.3, -0.25) is 4.79 Å². The van der Waals surface area contributed by atoms with Crippen molar-refractivity contribution in [2.45, 2.75) is 19.6 Å². The van der Waals surface area contributed by atoms with E-state index < -0.39 is 17.1 Å². The largest absolute Gasteiger partial charge is 0.472 e. The molecular formula is C14H11N3O4. The number of ketones is 1. The van der Waals surface area contributed by atoms with E-state index >= 15 is 0 Å². The minimum absolute atomic E-state index is 0.253. The van der Waals surface area contributed by atoms with Gasteiger partial charge in [0.1, 0.15) is 11.3 Å². The lowest BCUT2D eigenvalue weighted by Crippen LogP contribution is -2.42. The van der Waals surface area contributed by atoms with Gasteiger partial charge in [-0.25, -0.2) is 4.79 Å². The number of hydrogen-bond donors (Lipinski definition) is 0. The summed E-state index contributed by atoms with van der Waals surface area (Å²) in [6, 6.07) is 5.89. The first kappa shape index (κ1) is 13.2. The minimum Gasteiger partial charge on any atom is -0.472 e. The first-order chi connectivity index (χ1) is 9.98. The summed E-state index contributed by atoms with van der Waals surface area (Å²) >= 11 is 0. The Kier molecular flexibility index (Phi) is 2.74. The second-order valence-electron chi connectivity index (χ2n) is 5.11. The zero-order chi connectivity index (χ0) is 15.2. The maximum absolute atomic E-state index is 12.6. The molecule has 0 saturated heterocycles. The quantitative estimate of drug-likeness (QED) is 0.366. The molecule has 1 aliphatic rings. The third-order valence-corrected chi connectivity index (χ3v) is 3.53. The monoisotopic (exact) mass is 285 g/mol. The fraction of sp³-hybridized carbons (Fsp3) is 0.286. The molecule has 7 heteroatoms. The van der Waals surface area contributed by atoms with Crippen LogP contribution < -0.4 is 10.4 Å². The van der Waals surface area contributed by atoms with E-state index in [4.69, 9.17) is 14.7 Å². The molecule has 7 nitrogen and oxygen atoms in total. The molecular weight excluding hydrogens is 274 g/mol. The molecule has 1 aromatic carbocycles. The first-order valence-corrected chi connectivity index (χ1v) is 6.36. The zero-order valence-electron chi connectivity index (χ0n) is 11.4. The molecule has 1 atom stereocenters. The number of rotatable bonds is 2. The van der Waals surface area contributed by atoms with E-state index in [1.165, 1.54) is 12.1 Å². The highest BCUT2D eigenvalue weighted by atomic mass is 16.5. The highest BCUT2D eigenvalue weighted by molar-refractivity contribution is 6.09. The first-order valence-electron chi connectivity index (χ1n) is 6.36. The van der Waals surface area contributed by atoms with Crippen molar-refractivity contribution < 1.29 is 13.9 Å². The zero-order valence-corrected chi connectivity index (χ0v) is 11.4. The fourth-order valence-electron chi connectivity index (χ4n) is 2.39. The fourth-order valence-corrected chi connectivity index (χ4v) is 2.39. The average Bonchev–Trinajstić information content (AvgIpc) is 2.71. The molecule has 3 rings (SSSR count). The van der Waals surface area contributed by atoms with Crippen LogP contribution in [0.2, 0.25) is 0 Å². The van der Waals surface area contributed by atoms with Crippen LogP contribution in [0.25, 0.3) is 21.4 Å². The van der Waals surface area contributed by atoms with Crippen LogP contribution in [-0.2, 0) is 0 Å². The molecule has 1 unspecified atom stereocenters. The lowest BCUT2D eigenvalue weighted by Gasteiger charge is -2.25. The van der Waals surface area contributed by atoms with Crippen LogP contribution in [0.1, 0.15) is 24.2 Å². The Labute approximate surface area is 118 Å². The lowest BCUT2D eigenvalue weighted by atomic mass is 9.93. The van der Waals surface area contributed by atoms with Crippen molar-refractivity contribution in [3.63, 3.8) is 0 Å². The minimum atomic E-state index is -1.59. The Bertz CT molecular complexity index is 864. The number of carbonyl (C=O) groups is 1. The molecule has 0 radical (unpaired) electrons. The summed E-state index contributed by atoms with van der Waals surface area (Å²) in [5, 5.41) is 4.18. The summed E-state index contributed by atoms with van der Waals surface area (Å²) in [5.74, 6) is -0.482. The van der Waals surface area contributed by atoms with E-state index in [1.54, 1.807) is 26.0 Å². The number of benzene rings is 1. The normalized spacial score (nSPS) is 20.2. The highest BCUT2D eigenvalue weighted by Gasteiger charge is 2.50. The molecule has 0 fully saturated rings. The van der Waals surface area contributed by atoms with Crippen LogP contribution >= 0.6 is 0 Å². The number of carbonyl (C=O) groups excluding carboxylic acids is 1. The topological polar surface area (TPSA) is 105 Å². The van der Waals surface area contributed by atoms with Crippen molar-refractivity contribution in [2.75, 3.05) is 0 Å². The molecule has 2 heterocycles. The van der Waals surface area contributed by atoms with Crippen LogP contribution in [0.5, 0.6) is 5.75 Å². The van der Waals surface area contributed by atoms with E-state index in [-0.39, 0.29) is 11.7 Å². The summed E-state index contributed by atoms with van der Waals surface area (Å²) in [4.78, 5) is 26.6.